The van der Waals surface area contributed by atoms with E-state index >= 15 is 0 Å². The van der Waals surface area contributed by atoms with Crippen molar-refractivity contribution in [1.29, 1.82) is 0 Å². The topological polar surface area (TPSA) is 75.9 Å². The molecule has 21 heavy (non-hydrogen) atoms. The van der Waals surface area contributed by atoms with Gasteiger partial charge in [-0.15, -0.1) is 0 Å². The molecule has 116 valence electrons. The van der Waals surface area contributed by atoms with Crippen LogP contribution in [0.3, 0.4) is 0 Å². The van der Waals surface area contributed by atoms with E-state index in [1.54, 1.807) is 36.2 Å². The van der Waals surface area contributed by atoms with Crippen LogP contribution < -0.4 is 10.5 Å². The molecule has 0 saturated heterocycles. The summed E-state index contributed by atoms with van der Waals surface area (Å²) in [5.41, 5.74) is 6.20. The van der Waals surface area contributed by atoms with E-state index in [9.17, 15) is 9.59 Å². The Balaban J connectivity index is 2.46. The van der Waals surface area contributed by atoms with Crippen molar-refractivity contribution in [3.8, 4) is 5.75 Å². The minimum atomic E-state index is -0.252. The van der Waals surface area contributed by atoms with Crippen molar-refractivity contribution in [3.05, 3.63) is 24.3 Å². The van der Waals surface area contributed by atoms with Crippen LogP contribution in [0, 0.1) is 0 Å². The number of amides is 2. The van der Waals surface area contributed by atoms with E-state index in [1.807, 2.05) is 13.8 Å². The zero-order valence-corrected chi connectivity index (χ0v) is 12.8. The van der Waals surface area contributed by atoms with Gasteiger partial charge in [0.1, 0.15) is 5.75 Å². The summed E-state index contributed by atoms with van der Waals surface area (Å²) >= 11 is 0. The van der Waals surface area contributed by atoms with E-state index in [2.05, 4.69) is 0 Å². The maximum Gasteiger partial charge on any atom is 0.260 e. The molecular weight excluding hydrogens is 270 g/mol. The number of carbonyl (C=O) groups excluding carboxylic acids is 2. The summed E-state index contributed by atoms with van der Waals surface area (Å²) in [7, 11) is 1.59. The van der Waals surface area contributed by atoms with Gasteiger partial charge in [-0.1, -0.05) is 6.07 Å². The van der Waals surface area contributed by atoms with Gasteiger partial charge in [0.15, 0.2) is 6.61 Å². The van der Waals surface area contributed by atoms with Crippen LogP contribution in [0.2, 0.25) is 0 Å². The number of benzene rings is 1. The lowest BCUT2D eigenvalue weighted by Gasteiger charge is -2.23. The number of carbonyl (C=O) groups is 2. The van der Waals surface area contributed by atoms with Gasteiger partial charge in [-0.2, -0.15) is 0 Å². The van der Waals surface area contributed by atoms with Gasteiger partial charge in [-0.25, -0.2) is 0 Å². The number of anilines is 1. The van der Waals surface area contributed by atoms with Crippen molar-refractivity contribution in [3.63, 3.8) is 0 Å². The minimum absolute atomic E-state index is 0.0564. The first-order chi connectivity index (χ1) is 9.97. The number of nitrogens with zero attached hydrogens (tertiary/aromatic N) is 2. The summed E-state index contributed by atoms with van der Waals surface area (Å²) in [6.07, 6.45) is 0. The Bertz CT molecular complexity index is 487. The molecule has 0 bridgehead atoms. The number of nitrogen functional groups attached to an aromatic ring is 1. The highest BCUT2D eigenvalue weighted by atomic mass is 16.5. The average molecular weight is 293 g/mol. The van der Waals surface area contributed by atoms with Crippen LogP contribution in [-0.4, -0.2) is 54.9 Å². The minimum Gasteiger partial charge on any atom is -0.484 e. The van der Waals surface area contributed by atoms with Crippen molar-refractivity contribution in [2.24, 2.45) is 0 Å². The summed E-state index contributed by atoms with van der Waals surface area (Å²) in [6.45, 7) is 5.03. The third-order valence-electron chi connectivity index (χ3n) is 3.13. The van der Waals surface area contributed by atoms with E-state index in [0.717, 1.165) is 0 Å². The van der Waals surface area contributed by atoms with Crippen molar-refractivity contribution < 1.29 is 14.3 Å². The number of nitrogens with two attached hydrogens (primary N) is 1. The SMILES string of the molecule is CCN(CC)C(=O)CN(C)C(=O)COc1cccc(N)c1. The maximum atomic E-state index is 11.9. The molecule has 2 amide bonds. The zero-order valence-electron chi connectivity index (χ0n) is 12.8. The largest absolute Gasteiger partial charge is 0.484 e. The van der Waals surface area contributed by atoms with E-state index in [-0.39, 0.29) is 25.0 Å². The molecule has 0 spiro atoms. The first-order valence-corrected chi connectivity index (χ1v) is 6.98. The van der Waals surface area contributed by atoms with Crippen LogP contribution >= 0.6 is 0 Å². The van der Waals surface area contributed by atoms with E-state index in [1.165, 1.54) is 4.90 Å². The highest BCUT2D eigenvalue weighted by molar-refractivity contribution is 5.85. The van der Waals surface area contributed by atoms with Gasteiger partial charge in [0.2, 0.25) is 5.91 Å². The number of hydrogen-bond acceptors (Lipinski definition) is 4. The van der Waals surface area contributed by atoms with Crippen LogP contribution in [0.1, 0.15) is 13.8 Å². The lowest BCUT2D eigenvalue weighted by molar-refractivity contribution is -0.140. The van der Waals surface area contributed by atoms with Crippen LogP contribution in [-0.2, 0) is 9.59 Å². The summed E-state index contributed by atoms with van der Waals surface area (Å²) in [5, 5.41) is 0. The first kappa shape index (κ1) is 16.8. The molecule has 2 N–H and O–H groups in total. The Morgan fingerprint density at radius 3 is 2.43 bits per heavy atom. The zero-order chi connectivity index (χ0) is 15.8. The Morgan fingerprint density at radius 2 is 1.86 bits per heavy atom. The third-order valence-corrected chi connectivity index (χ3v) is 3.13. The molecule has 0 unspecified atom stereocenters. The van der Waals surface area contributed by atoms with Crippen LogP contribution in [0.5, 0.6) is 5.75 Å². The van der Waals surface area contributed by atoms with Gasteiger partial charge in [0, 0.05) is 31.9 Å². The molecule has 6 heteroatoms. The Hall–Kier alpha value is -2.24. The molecule has 0 atom stereocenters. The molecule has 1 aromatic rings. The molecule has 0 radical (unpaired) electrons. The lowest BCUT2D eigenvalue weighted by Crippen LogP contribution is -2.42. The molecule has 0 fully saturated rings. The first-order valence-electron chi connectivity index (χ1n) is 6.98. The fraction of sp³-hybridized carbons (Fsp3) is 0.467. The lowest BCUT2D eigenvalue weighted by atomic mass is 10.3. The van der Waals surface area contributed by atoms with Crippen LogP contribution in [0.4, 0.5) is 5.69 Å². The predicted molar refractivity (Wildman–Crippen MR) is 81.9 cm³/mol. The standard InChI is InChI=1S/C15H23N3O3/c1-4-18(5-2)14(19)10-17(3)15(20)11-21-13-8-6-7-12(16)9-13/h6-9H,4-5,10-11,16H2,1-3H3. The summed E-state index contributed by atoms with van der Waals surface area (Å²) in [5.74, 6) is 0.213. The van der Waals surface area contributed by atoms with Gasteiger partial charge in [-0.05, 0) is 26.0 Å². The molecule has 0 aromatic heterocycles. The molecule has 0 aliphatic rings. The fourth-order valence-corrected chi connectivity index (χ4v) is 1.83. The van der Waals surface area contributed by atoms with Gasteiger partial charge >= 0.3 is 0 Å². The maximum absolute atomic E-state index is 11.9. The normalized spacial score (nSPS) is 10.0. The van der Waals surface area contributed by atoms with Crippen LogP contribution in [0.15, 0.2) is 24.3 Å². The quantitative estimate of drug-likeness (QED) is 0.760. The molecule has 0 saturated carbocycles. The fourth-order valence-electron chi connectivity index (χ4n) is 1.83. The van der Waals surface area contributed by atoms with Crippen molar-refractivity contribution >= 4 is 17.5 Å². The highest BCUT2D eigenvalue weighted by Gasteiger charge is 2.16. The third kappa shape index (κ3) is 5.33. The number of rotatable bonds is 7. The van der Waals surface area contributed by atoms with Crippen LogP contribution in [0.25, 0.3) is 0 Å². The number of likely N-dealkylation sites (N-methyl/N-ethyl adjacent to an activating group) is 2. The Kier molecular flexibility index (Phi) is 6.52. The Morgan fingerprint density at radius 1 is 1.19 bits per heavy atom. The van der Waals surface area contributed by atoms with Crippen molar-refractivity contribution in [1.82, 2.24) is 9.80 Å². The van der Waals surface area contributed by atoms with Crippen molar-refractivity contribution in [2.45, 2.75) is 13.8 Å². The molecular formula is C15H23N3O3. The monoisotopic (exact) mass is 293 g/mol. The van der Waals surface area contributed by atoms with Gasteiger partial charge in [-0.3, -0.25) is 9.59 Å². The van der Waals surface area contributed by atoms with E-state index < -0.39 is 0 Å². The summed E-state index contributed by atoms with van der Waals surface area (Å²) in [4.78, 5) is 26.9. The molecule has 0 aliphatic carbocycles. The smallest absolute Gasteiger partial charge is 0.260 e. The predicted octanol–water partition coefficient (Wildman–Crippen LogP) is 0.974. The van der Waals surface area contributed by atoms with Gasteiger partial charge in [0.25, 0.3) is 5.91 Å². The molecule has 1 aromatic carbocycles. The number of hydrogen-bond donors (Lipinski definition) is 1. The molecule has 0 aliphatic heterocycles. The second kappa shape index (κ2) is 8.14. The Labute approximate surface area is 125 Å². The molecule has 6 nitrogen and oxygen atoms in total. The summed E-state index contributed by atoms with van der Waals surface area (Å²) < 4.78 is 5.37. The average Bonchev–Trinajstić information content (AvgIpc) is 2.46. The molecule has 0 heterocycles. The number of ether oxygens (including phenoxy) is 1. The van der Waals surface area contributed by atoms with Gasteiger partial charge in [0.05, 0.1) is 6.54 Å². The van der Waals surface area contributed by atoms with E-state index in [0.29, 0.717) is 24.5 Å². The second-order valence-electron chi connectivity index (χ2n) is 4.68. The summed E-state index contributed by atoms with van der Waals surface area (Å²) in [6, 6.07) is 6.87. The second-order valence-corrected chi connectivity index (χ2v) is 4.68. The van der Waals surface area contributed by atoms with Crippen molar-refractivity contribution in [2.75, 3.05) is 39.0 Å². The van der Waals surface area contributed by atoms with E-state index in [4.69, 9.17) is 10.5 Å². The van der Waals surface area contributed by atoms with Gasteiger partial charge < -0.3 is 20.3 Å². The molecule has 1 rings (SSSR count). The highest BCUT2D eigenvalue weighted by Crippen LogP contribution is 2.14.